The quantitative estimate of drug-likeness (QED) is 0.157. The first-order valence-electron chi connectivity index (χ1n) is 16.0. The van der Waals surface area contributed by atoms with Crippen LogP contribution in [0.1, 0.15) is 80.0 Å². The zero-order valence-corrected chi connectivity index (χ0v) is 26.8. The molecule has 0 saturated heterocycles. The van der Waals surface area contributed by atoms with E-state index in [0.29, 0.717) is 25.3 Å². The highest BCUT2D eigenvalue weighted by Gasteiger charge is 2.36. The molecule has 1 aliphatic carbocycles. The van der Waals surface area contributed by atoms with Gasteiger partial charge in [-0.25, -0.2) is 9.78 Å². The van der Waals surface area contributed by atoms with E-state index < -0.39 is 5.76 Å². The molecule has 0 radical (unpaired) electrons. The predicted molar refractivity (Wildman–Crippen MR) is 180 cm³/mol. The van der Waals surface area contributed by atoms with Gasteiger partial charge in [-0.1, -0.05) is 80.1 Å². The van der Waals surface area contributed by atoms with Gasteiger partial charge < -0.3 is 9.47 Å². The Labute approximate surface area is 269 Å². The van der Waals surface area contributed by atoms with Crippen LogP contribution in [0.3, 0.4) is 0 Å². The van der Waals surface area contributed by atoms with Crippen molar-refractivity contribution in [3.8, 4) is 11.4 Å². The molecule has 1 N–H and O–H groups in total. The fourth-order valence-corrected chi connectivity index (χ4v) is 5.95. The van der Waals surface area contributed by atoms with Crippen molar-refractivity contribution in [2.45, 2.75) is 70.8 Å². The van der Waals surface area contributed by atoms with Gasteiger partial charge in [0.05, 0.1) is 18.0 Å². The summed E-state index contributed by atoms with van der Waals surface area (Å²) in [7, 11) is 1.72. The number of benzene rings is 2. The van der Waals surface area contributed by atoms with Crippen molar-refractivity contribution in [2.24, 2.45) is 0 Å². The van der Waals surface area contributed by atoms with E-state index in [4.69, 9.17) is 14.5 Å². The fourth-order valence-electron chi connectivity index (χ4n) is 5.95. The zero-order valence-electron chi connectivity index (χ0n) is 26.8. The molecule has 0 bridgehead atoms. The molecular weight excluding hydrogens is 580 g/mol. The van der Waals surface area contributed by atoms with Crippen LogP contribution in [0.25, 0.3) is 17.8 Å². The highest BCUT2D eigenvalue weighted by atomic mass is 16.5. The first-order valence-corrected chi connectivity index (χ1v) is 16.0. The zero-order chi connectivity index (χ0) is 32.4. The molecule has 0 unspecified atom stereocenters. The molecule has 0 amide bonds. The van der Waals surface area contributed by atoms with Crippen molar-refractivity contribution >= 4 is 12.2 Å². The van der Waals surface area contributed by atoms with Crippen LogP contribution in [0, 0.1) is 0 Å². The highest BCUT2D eigenvalue weighted by Crippen LogP contribution is 2.35. The third-order valence-electron chi connectivity index (χ3n) is 8.18. The summed E-state index contributed by atoms with van der Waals surface area (Å²) in [5.41, 5.74) is 4.18. The van der Waals surface area contributed by atoms with Crippen LogP contribution < -0.4 is 16.1 Å². The number of rotatable bonds is 14. The van der Waals surface area contributed by atoms with E-state index in [0.717, 1.165) is 78.2 Å². The second-order valence-electron chi connectivity index (χ2n) is 11.6. The normalized spacial score (nSPS) is 14.7. The van der Waals surface area contributed by atoms with Crippen molar-refractivity contribution in [3.63, 3.8) is 0 Å². The molecule has 46 heavy (non-hydrogen) atoms. The number of H-pyrrole nitrogens is 1. The third-order valence-corrected chi connectivity index (χ3v) is 8.18. The summed E-state index contributed by atoms with van der Waals surface area (Å²) in [6, 6.07) is 16.0. The summed E-state index contributed by atoms with van der Waals surface area (Å²) in [5.74, 6) is 1.32. The molecule has 1 saturated carbocycles. The predicted octanol–water partition coefficient (Wildman–Crippen LogP) is 6.64. The Kier molecular flexibility index (Phi) is 11.0. The molecule has 2 aromatic carbocycles. The summed E-state index contributed by atoms with van der Waals surface area (Å²) in [5, 5.41) is 3.58. The van der Waals surface area contributed by atoms with Crippen LogP contribution in [0.2, 0.25) is 0 Å². The van der Waals surface area contributed by atoms with Crippen LogP contribution in [-0.2, 0) is 24.0 Å². The number of ether oxygens (including phenoxy) is 2. The summed E-state index contributed by atoms with van der Waals surface area (Å²) >= 11 is 0. The van der Waals surface area contributed by atoms with E-state index in [-0.39, 0.29) is 11.2 Å². The number of aromatic nitrogens is 4. The number of hydrogen-bond acceptors (Lipinski definition) is 7. The second kappa shape index (κ2) is 15.5. The Balaban J connectivity index is 1.33. The maximum atomic E-state index is 14.2. The van der Waals surface area contributed by atoms with Gasteiger partial charge in [-0.05, 0) is 73.6 Å². The van der Waals surface area contributed by atoms with Gasteiger partial charge in [-0.3, -0.25) is 18.9 Å². The number of nitrogens with one attached hydrogen (secondary N) is 1. The average Bonchev–Trinajstić information content (AvgIpc) is 3.70. The number of aryl methyl sites for hydroxylation is 2. The van der Waals surface area contributed by atoms with Crippen LogP contribution in [0.5, 0.6) is 5.75 Å². The molecular formula is C37H42N4O5. The van der Waals surface area contributed by atoms with Gasteiger partial charge in [0.2, 0.25) is 0 Å². The average molecular weight is 623 g/mol. The van der Waals surface area contributed by atoms with Gasteiger partial charge in [0.25, 0.3) is 5.56 Å². The smallest absolute Gasteiger partial charge is 0.439 e. The van der Waals surface area contributed by atoms with Gasteiger partial charge in [-0.15, -0.1) is 0 Å². The third kappa shape index (κ3) is 8.09. The lowest BCUT2D eigenvalue weighted by molar-refractivity contribution is -0.00467. The SMILES string of the molecule is CCCc1nc(CC)n(-c2ccc(OC3(COC)CCCC3)cc2)c(=O)c1Cc1ccc(/C=C/C=C\C=C\c2noc(=O)[nH]2)cc1. The van der Waals surface area contributed by atoms with Crippen molar-refractivity contribution in [3.05, 3.63) is 128 Å². The summed E-state index contributed by atoms with van der Waals surface area (Å²) in [6.45, 7) is 4.72. The largest absolute Gasteiger partial charge is 0.485 e. The molecule has 1 aliphatic rings. The minimum Gasteiger partial charge on any atom is -0.485 e. The minimum absolute atomic E-state index is 0.0209. The molecule has 0 spiro atoms. The number of hydrogen-bond donors (Lipinski definition) is 1. The summed E-state index contributed by atoms with van der Waals surface area (Å²) in [4.78, 5) is 32.6. The lowest BCUT2D eigenvalue weighted by atomic mass is 10.0. The fraction of sp³-hybridized carbons (Fsp3) is 0.351. The molecule has 4 aromatic rings. The van der Waals surface area contributed by atoms with Crippen molar-refractivity contribution in [1.82, 2.24) is 19.7 Å². The maximum Gasteiger partial charge on any atom is 0.439 e. The number of nitrogens with zero attached hydrogens (tertiary/aromatic N) is 3. The first-order chi connectivity index (χ1) is 22.4. The Morgan fingerprint density at radius 2 is 1.67 bits per heavy atom. The number of allylic oxidation sites excluding steroid dienone is 4. The van der Waals surface area contributed by atoms with Gasteiger partial charge in [-0.2, -0.15) is 0 Å². The van der Waals surface area contributed by atoms with E-state index in [2.05, 4.69) is 33.7 Å². The Morgan fingerprint density at radius 1 is 0.957 bits per heavy atom. The van der Waals surface area contributed by atoms with Gasteiger partial charge in [0.15, 0.2) is 5.82 Å². The van der Waals surface area contributed by atoms with E-state index in [1.165, 1.54) is 0 Å². The molecule has 9 nitrogen and oxygen atoms in total. The van der Waals surface area contributed by atoms with Crippen LogP contribution in [-0.4, -0.2) is 39.0 Å². The molecule has 0 aliphatic heterocycles. The number of aromatic amines is 1. The molecule has 240 valence electrons. The standard InChI is InChI=1S/C37H42N4O5/c1-4-12-32-31(25-28-17-15-27(16-18-28)13-8-6-7-9-14-33-39-36(43)46-40-33)35(42)41(34(5-2)38-32)29-19-21-30(22-20-29)45-37(26-44-3)23-10-11-24-37/h6-9,13-22H,4-5,10-12,23-26H2,1-3H3,(H,39,40,43)/b7-6-,13-8+,14-9+. The van der Waals surface area contributed by atoms with E-state index in [1.807, 2.05) is 67.6 Å². The van der Waals surface area contributed by atoms with E-state index in [1.54, 1.807) is 23.8 Å². The van der Waals surface area contributed by atoms with Gasteiger partial charge >= 0.3 is 5.76 Å². The molecule has 9 heteroatoms. The second-order valence-corrected chi connectivity index (χ2v) is 11.6. The Morgan fingerprint density at radius 3 is 2.30 bits per heavy atom. The lowest BCUT2D eigenvalue weighted by Crippen LogP contribution is -2.37. The Hall–Kier alpha value is -4.76. The molecule has 2 aromatic heterocycles. The Bertz CT molecular complexity index is 1790. The summed E-state index contributed by atoms with van der Waals surface area (Å²) < 4.78 is 18.2. The minimum atomic E-state index is -0.583. The lowest BCUT2D eigenvalue weighted by Gasteiger charge is -2.29. The highest BCUT2D eigenvalue weighted by molar-refractivity contribution is 5.52. The van der Waals surface area contributed by atoms with Crippen LogP contribution in [0.15, 0.2) is 86.9 Å². The monoisotopic (exact) mass is 622 g/mol. The van der Waals surface area contributed by atoms with Gasteiger partial charge in [0, 0.05) is 25.5 Å². The summed E-state index contributed by atoms with van der Waals surface area (Å²) in [6.07, 6.45) is 18.1. The van der Waals surface area contributed by atoms with E-state index >= 15 is 0 Å². The van der Waals surface area contributed by atoms with Crippen molar-refractivity contribution in [1.29, 1.82) is 0 Å². The topological polar surface area (TPSA) is 112 Å². The van der Waals surface area contributed by atoms with Crippen LogP contribution in [0.4, 0.5) is 0 Å². The van der Waals surface area contributed by atoms with Crippen LogP contribution >= 0.6 is 0 Å². The first kappa shape index (κ1) is 32.6. The van der Waals surface area contributed by atoms with Gasteiger partial charge in [0.1, 0.15) is 17.2 Å². The molecule has 5 rings (SSSR count). The molecule has 2 heterocycles. The molecule has 0 atom stereocenters. The maximum absolute atomic E-state index is 14.2. The van der Waals surface area contributed by atoms with E-state index in [9.17, 15) is 9.59 Å². The molecule has 1 fully saturated rings. The van der Waals surface area contributed by atoms with Crippen molar-refractivity contribution < 1.29 is 14.0 Å². The number of methoxy groups -OCH3 is 1. The van der Waals surface area contributed by atoms with Crippen molar-refractivity contribution in [2.75, 3.05) is 13.7 Å².